The van der Waals surface area contributed by atoms with Crippen LogP contribution in [-0.4, -0.2) is 59.7 Å². The van der Waals surface area contributed by atoms with Crippen molar-refractivity contribution >= 4 is 23.6 Å². The highest BCUT2D eigenvalue weighted by molar-refractivity contribution is 6.32. The molecule has 0 aliphatic carbocycles. The van der Waals surface area contributed by atoms with E-state index >= 15 is 0 Å². The van der Waals surface area contributed by atoms with Gasteiger partial charge in [0.15, 0.2) is 6.10 Å². The van der Waals surface area contributed by atoms with Crippen molar-refractivity contribution in [3.05, 3.63) is 29.3 Å². The van der Waals surface area contributed by atoms with Gasteiger partial charge >= 0.3 is 6.09 Å². The summed E-state index contributed by atoms with van der Waals surface area (Å²) in [5, 5.41) is 0.469. The highest BCUT2D eigenvalue weighted by Crippen LogP contribution is 2.24. The van der Waals surface area contributed by atoms with Gasteiger partial charge in [-0.05, 0) is 39.8 Å². The number of para-hydroxylation sites is 1. The van der Waals surface area contributed by atoms with Crippen LogP contribution in [0.15, 0.2) is 24.3 Å². The van der Waals surface area contributed by atoms with Gasteiger partial charge in [0.2, 0.25) is 0 Å². The number of carbonyl (C=O) groups is 2. The van der Waals surface area contributed by atoms with Crippen LogP contribution in [0.25, 0.3) is 0 Å². The fourth-order valence-electron chi connectivity index (χ4n) is 2.47. The Kier molecular flexibility index (Phi) is 6.16. The highest BCUT2D eigenvalue weighted by Gasteiger charge is 2.30. The molecule has 0 saturated carbocycles. The molecule has 0 radical (unpaired) electrons. The van der Waals surface area contributed by atoms with E-state index in [1.54, 1.807) is 41.0 Å². The Morgan fingerprint density at radius 1 is 1.08 bits per heavy atom. The molecule has 0 bridgehead atoms. The first-order chi connectivity index (χ1) is 11.7. The van der Waals surface area contributed by atoms with Crippen LogP contribution in [0.4, 0.5) is 4.79 Å². The lowest BCUT2D eigenvalue weighted by Crippen LogP contribution is -2.54. The fourth-order valence-corrected chi connectivity index (χ4v) is 2.65. The van der Waals surface area contributed by atoms with E-state index in [-0.39, 0.29) is 12.0 Å². The normalized spacial score (nSPS) is 16.4. The minimum atomic E-state index is -0.645. The number of ether oxygens (including phenoxy) is 2. The van der Waals surface area contributed by atoms with E-state index in [1.807, 2.05) is 20.8 Å². The molecule has 1 heterocycles. The number of amides is 2. The van der Waals surface area contributed by atoms with Gasteiger partial charge in [-0.15, -0.1) is 0 Å². The molecule has 0 spiro atoms. The minimum absolute atomic E-state index is 0.122. The van der Waals surface area contributed by atoms with Crippen molar-refractivity contribution in [1.29, 1.82) is 0 Å². The number of hydrogen-bond donors (Lipinski definition) is 0. The van der Waals surface area contributed by atoms with Crippen LogP contribution in [0.1, 0.15) is 27.7 Å². The Morgan fingerprint density at radius 3 is 2.20 bits per heavy atom. The lowest BCUT2D eigenvalue weighted by molar-refractivity contribution is -0.139. The summed E-state index contributed by atoms with van der Waals surface area (Å²) in [6.45, 7) is 8.99. The molecule has 2 rings (SSSR count). The highest BCUT2D eigenvalue weighted by atomic mass is 35.5. The van der Waals surface area contributed by atoms with Crippen molar-refractivity contribution in [3.63, 3.8) is 0 Å². The number of nitrogens with zero attached hydrogens (tertiary/aromatic N) is 2. The van der Waals surface area contributed by atoms with Gasteiger partial charge in [0.1, 0.15) is 11.4 Å². The van der Waals surface area contributed by atoms with Crippen LogP contribution in [0.2, 0.25) is 5.02 Å². The Bertz CT molecular complexity index is 622. The number of carbonyl (C=O) groups excluding carboxylic acids is 2. The average Bonchev–Trinajstić information content (AvgIpc) is 2.55. The maximum atomic E-state index is 12.5. The molecule has 1 unspecified atom stereocenters. The van der Waals surface area contributed by atoms with E-state index in [1.165, 1.54) is 0 Å². The van der Waals surface area contributed by atoms with Crippen LogP contribution < -0.4 is 4.74 Å². The second-order valence-electron chi connectivity index (χ2n) is 6.98. The second-order valence-corrected chi connectivity index (χ2v) is 7.39. The number of piperazine rings is 1. The first kappa shape index (κ1) is 19.4. The molecular weight excluding hydrogens is 344 g/mol. The van der Waals surface area contributed by atoms with Gasteiger partial charge in [0.05, 0.1) is 5.02 Å². The molecule has 1 saturated heterocycles. The molecule has 1 atom stereocenters. The number of benzene rings is 1. The van der Waals surface area contributed by atoms with Gasteiger partial charge in [-0.2, -0.15) is 0 Å². The van der Waals surface area contributed by atoms with Crippen molar-refractivity contribution in [2.24, 2.45) is 0 Å². The Balaban J connectivity index is 1.86. The third-order valence-corrected chi connectivity index (χ3v) is 4.04. The van der Waals surface area contributed by atoms with Crippen LogP contribution in [0.5, 0.6) is 5.75 Å². The summed E-state index contributed by atoms with van der Waals surface area (Å²) in [7, 11) is 0. The molecule has 6 nitrogen and oxygen atoms in total. The van der Waals surface area contributed by atoms with E-state index in [9.17, 15) is 9.59 Å². The maximum absolute atomic E-state index is 12.5. The molecule has 1 fully saturated rings. The van der Waals surface area contributed by atoms with Gasteiger partial charge < -0.3 is 19.3 Å². The maximum Gasteiger partial charge on any atom is 0.410 e. The van der Waals surface area contributed by atoms with Gasteiger partial charge in [-0.3, -0.25) is 4.79 Å². The molecule has 1 aliphatic heterocycles. The summed E-state index contributed by atoms with van der Waals surface area (Å²) in [5.41, 5.74) is -0.526. The van der Waals surface area contributed by atoms with Gasteiger partial charge in [-0.1, -0.05) is 23.7 Å². The van der Waals surface area contributed by atoms with Crippen LogP contribution in [0, 0.1) is 0 Å². The third-order valence-electron chi connectivity index (χ3n) is 3.73. The van der Waals surface area contributed by atoms with E-state index in [4.69, 9.17) is 21.1 Å². The summed E-state index contributed by atoms with van der Waals surface area (Å²) >= 11 is 6.06. The molecule has 25 heavy (non-hydrogen) atoms. The number of hydrogen-bond acceptors (Lipinski definition) is 4. The van der Waals surface area contributed by atoms with Gasteiger partial charge in [0, 0.05) is 26.2 Å². The molecule has 1 aromatic carbocycles. The second kappa shape index (κ2) is 7.95. The number of halogens is 1. The van der Waals surface area contributed by atoms with Gasteiger partial charge in [0.25, 0.3) is 5.91 Å². The van der Waals surface area contributed by atoms with E-state index in [0.717, 1.165) is 0 Å². The number of rotatable bonds is 3. The smallest absolute Gasteiger partial charge is 0.410 e. The third kappa shape index (κ3) is 5.53. The molecule has 1 aliphatic rings. The lowest BCUT2D eigenvalue weighted by atomic mass is 10.2. The fraction of sp³-hybridized carbons (Fsp3) is 0.556. The van der Waals surface area contributed by atoms with E-state index in [0.29, 0.717) is 37.0 Å². The largest absolute Gasteiger partial charge is 0.479 e. The summed E-state index contributed by atoms with van der Waals surface area (Å²) in [6.07, 6.45) is -0.993. The Labute approximate surface area is 153 Å². The van der Waals surface area contributed by atoms with Gasteiger partial charge in [-0.25, -0.2) is 4.79 Å². The molecular formula is C18H25ClN2O4. The summed E-state index contributed by atoms with van der Waals surface area (Å²) in [4.78, 5) is 27.9. The zero-order chi connectivity index (χ0) is 18.6. The van der Waals surface area contributed by atoms with Crippen LogP contribution >= 0.6 is 11.6 Å². The van der Waals surface area contributed by atoms with Crippen LogP contribution in [0.3, 0.4) is 0 Å². The summed E-state index contributed by atoms with van der Waals surface area (Å²) in [5.74, 6) is 0.362. The van der Waals surface area contributed by atoms with Crippen LogP contribution in [-0.2, 0) is 9.53 Å². The first-order valence-corrected chi connectivity index (χ1v) is 8.73. The van der Waals surface area contributed by atoms with Crippen molar-refractivity contribution in [2.75, 3.05) is 26.2 Å². The van der Waals surface area contributed by atoms with Crippen molar-refractivity contribution in [2.45, 2.75) is 39.4 Å². The quantitative estimate of drug-likeness (QED) is 0.822. The molecule has 1 aromatic rings. The first-order valence-electron chi connectivity index (χ1n) is 8.35. The zero-order valence-corrected chi connectivity index (χ0v) is 15.9. The molecule has 0 aromatic heterocycles. The standard InChI is InChI=1S/C18H25ClN2O4/c1-13(24-15-8-6-5-7-14(15)19)16(22)20-9-11-21(12-10-20)17(23)25-18(2,3)4/h5-8,13H,9-12H2,1-4H3. The van der Waals surface area contributed by atoms with E-state index in [2.05, 4.69) is 0 Å². The SMILES string of the molecule is CC(Oc1ccccc1Cl)C(=O)N1CCN(C(=O)OC(C)(C)C)CC1. The van der Waals surface area contributed by atoms with Crippen molar-refractivity contribution < 1.29 is 19.1 Å². The molecule has 7 heteroatoms. The van der Waals surface area contributed by atoms with Crippen molar-refractivity contribution in [3.8, 4) is 5.75 Å². The lowest BCUT2D eigenvalue weighted by Gasteiger charge is -2.36. The summed E-state index contributed by atoms with van der Waals surface area (Å²) in [6, 6.07) is 7.05. The zero-order valence-electron chi connectivity index (χ0n) is 15.1. The molecule has 138 valence electrons. The Morgan fingerprint density at radius 2 is 1.64 bits per heavy atom. The predicted molar refractivity (Wildman–Crippen MR) is 95.9 cm³/mol. The van der Waals surface area contributed by atoms with Crippen molar-refractivity contribution in [1.82, 2.24) is 9.80 Å². The topological polar surface area (TPSA) is 59.1 Å². The summed E-state index contributed by atoms with van der Waals surface area (Å²) < 4.78 is 11.0. The minimum Gasteiger partial charge on any atom is -0.479 e. The molecule has 2 amide bonds. The Hall–Kier alpha value is -1.95. The predicted octanol–water partition coefficient (Wildman–Crippen LogP) is 3.19. The average molecular weight is 369 g/mol. The van der Waals surface area contributed by atoms with E-state index < -0.39 is 11.7 Å². The monoisotopic (exact) mass is 368 g/mol. The molecule has 0 N–H and O–H groups in total.